The lowest BCUT2D eigenvalue weighted by Gasteiger charge is -2.32. The smallest absolute Gasteiger partial charge is 0.251 e. The second-order valence-electron chi connectivity index (χ2n) is 8.79. The van der Waals surface area contributed by atoms with Gasteiger partial charge in [-0.1, -0.05) is 66.7 Å². The molecule has 4 rings (SSSR count). The van der Waals surface area contributed by atoms with Crippen LogP contribution in [-0.4, -0.2) is 23.8 Å². The summed E-state index contributed by atoms with van der Waals surface area (Å²) in [5, 5.41) is 2.90. The Balaban J connectivity index is 1.75. The molecule has 1 N–H and O–H groups in total. The van der Waals surface area contributed by atoms with E-state index in [0.29, 0.717) is 17.0 Å². The largest absolute Gasteiger partial charge is 0.497 e. The maximum Gasteiger partial charge on any atom is 0.251 e. The molecular formula is C31H29FN2O3. The van der Waals surface area contributed by atoms with E-state index in [2.05, 4.69) is 5.32 Å². The van der Waals surface area contributed by atoms with Gasteiger partial charge in [0.25, 0.3) is 5.91 Å². The zero-order valence-corrected chi connectivity index (χ0v) is 20.9. The van der Waals surface area contributed by atoms with Crippen LogP contribution in [0, 0.1) is 12.7 Å². The van der Waals surface area contributed by atoms with Crippen molar-refractivity contribution in [3.05, 3.63) is 131 Å². The highest BCUT2D eigenvalue weighted by atomic mass is 19.1. The van der Waals surface area contributed by atoms with Crippen molar-refractivity contribution >= 4 is 17.5 Å². The van der Waals surface area contributed by atoms with Gasteiger partial charge in [0.05, 0.1) is 13.5 Å². The molecule has 0 radical (unpaired) electrons. The summed E-state index contributed by atoms with van der Waals surface area (Å²) in [5.41, 5.74) is 3.66. The van der Waals surface area contributed by atoms with Crippen molar-refractivity contribution in [3.63, 3.8) is 0 Å². The molecule has 0 aliphatic rings. The number of hydrogen-bond acceptors (Lipinski definition) is 3. The molecule has 6 heteroatoms. The van der Waals surface area contributed by atoms with Gasteiger partial charge in [-0.05, 0) is 65.6 Å². The van der Waals surface area contributed by atoms with Crippen LogP contribution < -0.4 is 10.1 Å². The van der Waals surface area contributed by atoms with Crippen LogP contribution in [0.3, 0.4) is 0 Å². The topological polar surface area (TPSA) is 58.6 Å². The van der Waals surface area contributed by atoms with Gasteiger partial charge in [0.2, 0.25) is 5.91 Å². The number of carbonyl (C=O) groups is 2. The molecular weight excluding hydrogens is 467 g/mol. The standard InChI is InChI=1S/C31H29FN2O3/c1-22-9-6-7-12-25(22)21-34(29(35)19-23-10-4-3-5-11-23)30(24-13-8-14-26(32)20-24)31(36)33-27-15-17-28(37-2)18-16-27/h3-18,20,30H,19,21H2,1-2H3,(H,33,36). The fourth-order valence-electron chi connectivity index (χ4n) is 4.20. The van der Waals surface area contributed by atoms with Crippen molar-refractivity contribution in [2.75, 3.05) is 12.4 Å². The van der Waals surface area contributed by atoms with Crippen molar-refractivity contribution < 1.29 is 18.7 Å². The van der Waals surface area contributed by atoms with Crippen molar-refractivity contribution in [2.24, 2.45) is 0 Å². The lowest BCUT2D eigenvalue weighted by atomic mass is 10.00. The number of benzene rings is 4. The van der Waals surface area contributed by atoms with E-state index in [9.17, 15) is 14.0 Å². The predicted octanol–water partition coefficient (Wildman–Crippen LogP) is 6.09. The summed E-state index contributed by atoms with van der Waals surface area (Å²) >= 11 is 0. The minimum atomic E-state index is -1.06. The Hall–Kier alpha value is -4.45. The lowest BCUT2D eigenvalue weighted by Crippen LogP contribution is -2.41. The zero-order chi connectivity index (χ0) is 26.2. The van der Waals surface area contributed by atoms with E-state index >= 15 is 0 Å². The second kappa shape index (κ2) is 12.0. The normalized spacial score (nSPS) is 11.4. The van der Waals surface area contributed by atoms with Gasteiger partial charge in [0, 0.05) is 12.2 Å². The van der Waals surface area contributed by atoms with Crippen LogP contribution in [0.25, 0.3) is 0 Å². The van der Waals surface area contributed by atoms with Crippen molar-refractivity contribution in [1.82, 2.24) is 4.90 Å². The fourth-order valence-corrected chi connectivity index (χ4v) is 4.20. The van der Waals surface area contributed by atoms with Crippen LogP contribution in [0.5, 0.6) is 5.75 Å². The maximum absolute atomic E-state index is 14.4. The Kier molecular flexibility index (Phi) is 8.31. The van der Waals surface area contributed by atoms with Crippen LogP contribution in [0.1, 0.15) is 28.3 Å². The Bertz CT molecular complexity index is 1360. The maximum atomic E-state index is 14.4. The molecule has 0 saturated carbocycles. The minimum Gasteiger partial charge on any atom is -0.497 e. The van der Waals surface area contributed by atoms with E-state index < -0.39 is 17.8 Å². The molecule has 37 heavy (non-hydrogen) atoms. The molecule has 0 aliphatic carbocycles. The van der Waals surface area contributed by atoms with Gasteiger partial charge in [-0.3, -0.25) is 9.59 Å². The number of nitrogens with zero attached hydrogens (tertiary/aromatic N) is 1. The summed E-state index contributed by atoms with van der Waals surface area (Å²) in [5.74, 6) is -0.510. The van der Waals surface area contributed by atoms with Gasteiger partial charge < -0.3 is 15.0 Å². The molecule has 1 atom stereocenters. The average molecular weight is 497 g/mol. The summed E-state index contributed by atoms with van der Waals surface area (Å²) in [4.78, 5) is 29.1. The van der Waals surface area contributed by atoms with Crippen LogP contribution in [-0.2, 0) is 22.6 Å². The highest BCUT2D eigenvalue weighted by molar-refractivity contribution is 5.98. The SMILES string of the molecule is COc1ccc(NC(=O)C(c2cccc(F)c2)N(Cc2ccccc2C)C(=O)Cc2ccccc2)cc1. The highest BCUT2D eigenvalue weighted by Gasteiger charge is 2.32. The van der Waals surface area contributed by atoms with Crippen LogP contribution >= 0.6 is 0 Å². The molecule has 0 spiro atoms. The van der Waals surface area contributed by atoms with Gasteiger partial charge in [-0.15, -0.1) is 0 Å². The summed E-state index contributed by atoms with van der Waals surface area (Å²) in [7, 11) is 1.56. The number of rotatable bonds is 9. The molecule has 0 heterocycles. The average Bonchev–Trinajstić information content (AvgIpc) is 2.90. The summed E-state index contributed by atoms with van der Waals surface area (Å²) < 4.78 is 19.6. The second-order valence-corrected chi connectivity index (χ2v) is 8.79. The van der Waals surface area contributed by atoms with E-state index in [1.165, 1.54) is 17.0 Å². The molecule has 2 amide bonds. The molecule has 0 aliphatic heterocycles. The lowest BCUT2D eigenvalue weighted by molar-refractivity contribution is -0.139. The monoisotopic (exact) mass is 496 g/mol. The van der Waals surface area contributed by atoms with Gasteiger partial charge in [-0.2, -0.15) is 0 Å². The number of carbonyl (C=O) groups excluding carboxylic acids is 2. The number of halogens is 1. The highest BCUT2D eigenvalue weighted by Crippen LogP contribution is 2.28. The van der Waals surface area contributed by atoms with Crippen LogP contribution in [0.4, 0.5) is 10.1 Å². The van der Waals surface area contributed by atoms with Crippen LogP contribution in [0.15, 0.2) is 103 Å². The first-order valence-corrected chi connectivity index (χ1v) is 12.0. The molecule has 0 aromatic heterocycles. The Morgan fingerprint density at radius 2 is 1.59 bits per heavy atom. The van der Waals surface area contributed by atoms with E-state index in [0.717, 1.165) is 16.7 Å². The van der Waals surface area contributed by atoms with E-state index in [-0.39, 0.29) is 18.9 Å². The Morgan fingerprint density at radius 1 is 0.892 bits per heavy atom. The third-order valence-corrected chi connectivity index (χ3v) is 6.20. The molecule has 0 fully saturated rings. The number of aryl methyl sites for hydroxylation is 1. The Morgan fingerprint density at radius 3 is 2.27 bits per heavy atom. The predicted molar refractivity (Wildman–Crippen MR) is 143 cm³/mol. The quantitative estimate of drug-likeness (QED) is 0.305. The molecule has 0 saturated heterocycles. The zero-order valence-electron chi connectivity index (χ0n) is 20.9. The Labute approximate surface area is 216 Å². The minimum absolute atomic E-state index is 0.106. The van der Waals surface area contributed by atoms with Crippen LogP contribution in [0.2, 0.25) is 0 Å². The van der Waals surface area contributed by atoms with Gasteiger partial charge in [0.1, 0.15) is 17.6 Å². The summed E-state index contributed by atoms with van der Waals surface area (Å²) in [6.07, 6.45) is 0.106. The third kappa shape index (κ3) is 6.61. The van der Waals surface area contributed by atoms with Crippen molar-refractivity contribution in [2.45, 2.75) is 25.9 Å². The van der Waals surface area contributed by atoms with E-state index in [1.807, 2.05) is 61.5 Å². The summed E-state index contributed by atoms with van der Waals surface area (Å²) in [6.45, 7) is 2.15. The number of hydrogen-bond donors (Lipinski definition) is 1. The number of nitrogens with one attached hydrogen (secondary N) is 1. The first kappa shape index (κ1) is 25.6. The molecule has 4 aromatic rings. The van der Waals surface area contributed by atoms with Crippen molar-refractivity contribution in [3.8, 4) is 5.75 Å². The fraction of sp³-hybridized carbons (Fsp3) is 0.161. The number of amides is 2. The number of ether oxygens (including phenoxy) is 1. The first-order valence-electron chi connectivity index (χ1n) is 12.0. The molecule has 5 nitrogen and oxygen atoms in total. The molecule has 4 aromatic carbocycles. The van der Waals surface area contributed by atoms with E-state index in [1.54, 1.807) is 43.5 Å². The molecule has 1 unspecified atom stereocenters. The van der Waals surface area contributed by atoms with Crippen molar-refractivity contribution in [1.29, 1.82) is 0 Å². The van der Waals surface area contributed by atoms with E-state index in [4.69, 9.17) is 4.74 Å². The molecule has 0 bridgehead atoms. The van der Waals surface area contributed by atoms with Gasteiger partial charge >= 0.3 is 0 Å². The first-order chi connectivity index (χ1) is 17.9. The number of methoxy groups -OCH3 is 1. The number of anilines is 1. The van der Waals surface area contributed by atoms with Gasteiger partial charge in [0.15, 0.2) is 0 Å². The summed E-state index contributed by atoms with van der Waals surface area (Å²) in [6, 6.07) is 28.8. The molecule has 188 valence electrons. The van der Waals surface area contributed by atoms with Gasteiger partial charge in [-0.25, -0.2) is 4.39 Å². The third-order valence-electron chi connectivity index (χ3n) is 6.20.